The van der Waals surface area contributed by atoms with E-state index in [4.69, 9.17) is 16.3 Å². The van der Waals surface area contributed by atoms with Gasteiger partial charge in [0.1, 0.15) is 23.3 Å². The second kappa shape index (κ2) is 9.61. The largest absolute Gasteiger partial charge is 0.484 e. The quantitative estimate of drug-likeness (QED) is 0.441. The highest BCUT2D eigenvalue weighted by molar-refractivity contribution is 6.30. The minimum Gasteiger partial charge on any atom is -0.484 e. The minimum atomic E-state index is -0.383. The molecule has 0 spiro atoms. The lowest BCUT2D eigenvalue weighted by molar-refractivity contribution is -0.123. The molecule has 10 heteroatoms. The smallest absolute Gasteiger partial charge is 0.264 e. The van der Waals surface area contributed by atoms with Gasteiger partial charge in [0, 0.05) is 17.1 Å². The zero-order chi connectivity index (χ0) is 22.5. The Hall–Kier alpha value is -3.72. The molecule has 8 nitrogen and oxygen atoms in total. The van der Waals surface area contributed by atoms with Gasteiger partial charge < -0.3 is 10.1 Å². The molecule has 1 amide bonds. The van der Waals surface area contributed by atoms with Crippen molar-refractivity contribution in [2.24, 2.45) is 0 Å². The molecular formula is C22H19ClFN5O3. The van der Waals surface area contributed by atoms with Crippen molar-refractivity contribution in [1.29, 1.82) is 0 Å². The van der Waals surface area contributed by atoms with Crippen molar-refractivity contribution in [2.45, 2.75) is 13.1 Å². The van der Waals surface area contributed by atoms with Gasteiger partial charge in [-0.2, -0.15) is 5.10 Å². The summed E-state index contributed by atoms with van der Waals surface area (Å²) < 4.78 is 22.2. The average Bonchev–Trinajstić information content (AvgIpc) is 3.20. The molecule has 2 aromatic heterocycles. The number of rotatable bonds is 8. The lowest BCUT2D eigenvalue weighted by Crippen LogP contribution is -2.31. The Labute approximate surface area is 187 Å². The Morgan fingerprint density at radius 3 is 2.72 bits per heavy atom. The van der Waals surface area contributed by atoms with Crippen LogP contribution < -0.4 is 15.6 Å². The number of fused-ring (bicyclic) bond motifs is 1. The van der Waals surface area contributed by atoms with Gasteiger partial charge in [-0.05, 0) is 30.3 Å². The summed E-state index contributed by atoms with van der Waals surface area (Å²) in [6.45, 7) is 0.531. The van der Waals surface area contributed by atoms with Crippen LogP contribution in [0, 0.1) is 5.82 Å². The van der Waals surface area contributed by atoms with Crippen LogP contribution in [0.1, 0.15) is 5.56 Å². The fourth-order valence-electron chi connectivity index (χ4n) is 3.12. The number of nitrogens with zero attached hydrogens (tertiary/aromatic N) is 4. The molecule has 0 radical (unpaired) electrons. The van der Waals surface area contributed by atoms with E-state index in [1.807, 2.05) is 0 Å². The summed E-state index contributed by atoms with van der Waals surface area (Å²) in [5.41, 5.74) is 0.475. The van der Waals surface area contributed by atoms with Crippen LogP contribution in [-0.4, -0.2) is 38.4 Å². The van der Waals surface area contributed by atoms with Crippen molar-refractivity contribution in [3.63, 3.8) is 0 Å². The fourth-order valence-corrected chi connectivity index (χ4v) is 3.24. The number of ether oxygens (including phenoxy) is 1. The van der Waals surface area contributed by atoms with Crippen LogP contribution in [0.25, 0.3) is 11.0 Å². The number of amides is 1. The first-order valence-electron chi connectivity index (χ1n) is 9.80. The standard InChI is InChI=1S/C22H19ClFN5O3/c23-16-5-7-17(8-6-16)32-13-20(30)25-9-10-29-21-18(11-27-29)22(31)28(14-26-21)12-15-3-1-2-4-19(15)24/h1-8,11,14H,9-10,12-13H2,(H,25,30). The van der Waals surface area contributed by atoms with Gasteiger partial charge in [-0.1, -0.05) is 29.8 Å². The second-order valence-corrected chi connectivity index (χ2v) is 7.40. The number of hydrogen-bond acceptors (Lipinski definition) is 5. The van der Waals surface area contributed by atoms with E-state index in [1.165, 1.54) is 27.8 Å². The molecular weight excluding hydrogens is 437 g/mol. The molecule has 0 bridgehead atoms. The molecule has 0 aliphatic carbocycles. The zero-order valence-electron chi connectivity index (χ0n) is 16.9. The van der Waals surface area contributed by atoms with Gasteiger partial charge in [0.2, 0.25) is 0 Å². The molecule has 32 heavy (non-hydrogen) atoms. The van der Waals surface area contributed by atoms with Gasteiger partial charge in [0.05, 0.1) is 19.3 Å². The second-order valence-electron chi connectivity index (χ2n) is 6.97. The van der Waals surface area contributed by atoms with Crippen LogP contribution >= 0.6 is 11.6 Å². The summed E-state index contributed by atoms with van der Waals surface area (Å²) in [5, 5.41) is 7.83. The maximum absolute atomic E-state index is 13.9. The van der Waals surface area contributed by atoms with E-state index in [2.05, 4.69) is 15.4 Å². The Bertz CT molecular complexity index is 1300. The molecule has 0 saturated heterocycles. The molecule has 4 aromatic rings. The summed E-state index contributed by atoms with van der Waals surface area (Å²) in [5.74, 6) is -0.138. The van der Waals surface area contributed by atoms with Crippen molar-refractivity contribution < 1.29 is 13.9 Å². The predicted octanol–water partition coefficient (Wildman–Crippen LogP) is 2.63. The topological polar surface area (TPSA) is 91.0 Å². The maximum atomic E-state index is 13.9. The molecule has 0 aliphatic heterocycles. The molecule has 0 aliphatic rings. The van der Waals surface area contributed by atoms with Crippen LogP contribution in [0.15, 0.2) is 65.8 Å². The number of nitrogens with one attached hydrogen (secondary N) is 1. The third-order valence-corrected chi connectivity index (χ3v) is 5.00. The highest BCUT2D eigenvalue weighted by Gasteiger charge is 2.12. The Morgan fingerprint density at radius 1 is 1.16 bits per heavy atom. The van der Waals surface area contributed by atoms with Crippen molar-refractivity contribution in [3.8, 4) is 5.75 Å². The van der Waals surface area contributed by atoms with Crippen LogP contribution in [0.5, 0.6) is 5.75 Å². The number of hydrogen-bond donors (Lipinski definition) is 1. The third kappa shape index (κ3) is 4.94. The van der Waals surface area contributed by atoms with Gasteiger partial charge in [-0.25, -0.2) is 14.1 Å². The van der Waals surface area contributed by atoms with Gasteiger partial charge in [0.15, 0.2) is 12.3 Å². The van der Waals surface area contributed by atoms with Gasteiger partial charge >= 0.3 is 0 Å². The lowest BCUT2D eigenvalue weighted by Gasteiger charge is -2.09. The molecule has 0 atom stereocenters. The first kappa shape index (κ1) is 21.5. The molecule has 2 heterocycles. The minimum absolute atomic E-state index is 0.0727. The molecule has 164 valence electrons. The van der Waals surface area contributed by atoms with Crippen molar-refractivity contribution >= 4 is 28.5 Å². The number of halogens is 2. The summed E-state index contributed by atoms with van der Waals surface area (Å²) in [6, 6.07) is 13.0. The third-order valence-electron chi connectivity index (χ3n) is 4.75. The molecule has 0 fully saturated rings. The lowest BCUT2D eigenvalue weighted by atomic mass is 10.2. The normalized spacial score (nSPS) is 10.9. The van der Waals surface area contributed by atoms with E-state index in [-0.39, 0.29) is 37.0 Å². The van der Waals surface area contributed by atoms with E-state index in [9.17, 15) is 14.0 Å². The summed E-state index contributed by atoms with van der Waals surface area (Å²) in [7, 11) is 0. The van der Waals surface area contributed by atoms with E-state index in [1.54, 1.807) is 42.5 Å². The highest BCUT2D eigenvalue weighted by atomic mass is 35.5. The van der Waals surface area contributed by atoms with Crippen LogP contribution in [0.3, 0.4) is 0 Å². The first-order valence-corrected chi connectivity index (χ1v) is 10.2. The number of benzene rings is 2. The van der Waals surface area contributed by atoms with Crippen LogP contribution in [0.4, 0.5) is 4.39 Å². The van der Waals surface area contributed by atoms with E-state index in [0.717, 1.165) is 0 Å². The zero-order valence-corrected chi connectivity index (χ0v) is 17.6. The Kier molecular flexibility index (Phi) is 6.46. The van der Waals surface area contributed by atoms with E-state index < -0.39 is 0 Å². The van der Waals surface area contributed by atoms with Gasteiger partial charge in [-0.3, -0.25) is 14.2 Å². The first-order chi connectivity index (χ1) is 15.5. The van der Waals surface area contributed by atoms with Crippen molar-refractivity contribution in [1.82, 2.24) is 24.6 Å². The Balaban J connectivity index is 1.35. The fraction of sp³-hybridized carbons (Fsp3) is 0.182. The summed E-state index contributed by atoms with van der Waals surface area (Å²) >= 11 is 5.81. The predicted molar refractivity (Wildman–Crippen MR) is 117 cm³/mol. The molecule has 4 rings (SSSR count). The van der Waals surface area contributed by atoms with Crippen LogP contribution in [-0.2, 0) is 17.9 Å². The summed E-state index contributed by atoms with van der Waals surface area (Å²) in [6.07, 6.45) is 2.79. The van der Waals surface area contributed by atoms with E-state index >= 15 is 0 Å². The molecule has 0 unspecified atom stereocenters. The SMILES string of the molecule is O=C(COc1ccc(Cl)cc1)NCCn1ncc2c(=O)n(Cc3ccccc3F)cnc21. The molecule has 0 saturated carbocycles. The van der Waals surface area contributed by atoms with Crippen LogP contribution in [0.2, 0.25) is 5.02 Å². The number of carbonyl (C=O) groups is 1. The highest BCUT2D eigenvalue weighted by Crippen LogP contribution is 2.15. The average molecular weight is 456 g/mol. The van der Waals surface area contributed by atoms with Crippen molar-refractivity contribution in [2.75, 3.05) is 13.2 Å². The molecule has 1 N–H and O–H groups in total. The van der Waals surface area contributed by atoms with Crippen molar-refractivity contribution in [3.05, 3.63) is 87.8 Å². The maximum Gasteiger partial charge on any atom is 0.264 e. The van der Waals surface area contributed by atoms with Gasteiger partial charge in [-0.15, -0.1) is 0 Å². The van der Waals surface area contributed by atoms with Gasteiger partial charge in [0.25, 0.3) is 11.5 Å². The number of aromatic nitrogens is 4. The van der Waals surface area contributed by atoms with E-state index in [0.29, 0.717) is 33.9 Å². The molecule has 2 aromatic carbocycles. The number of carbonyl (C=O) groups excluding carboxylic acids is 1. The summed E-state index contributed by atoms with van der Waals surface area (Å²) in [4.78, 5) is 29.0. The monoisotopic (exact) mass is 455 g/mol. The Morgan fingerprint density at radius 2 is 1.94 bits per heavy atom.